The van der Waals surface area contributed by atoms with Gasteiger partial charge in [-0.25, -0.2) is 0 Å². The van der Waals surface area contributed by atoms with Crippen LogP contribution in [-0.4, -0.2) is 51.6 Å². The Labute approximate surface area is 81.6 Å². The Morgan fingerprint density at radius 3 is 2.00 bits per heavy atom. The molecule has 0 aromatic rings. The maximum atomic E-state index is 5.35. The second-order valence-electron chi connectivity index (χ2n) is 3.18. The van der Waals surface area contributed by atoms with Crippen molar-refractivity contribution < 1.29 is 4.74 Å². The van der Waals surface area contributed by atoms with Crippen LogP contribution in [0.3, 0.4) is 0 Å². The fourth-order valence-corrected chi connectivity index (χ4v) is 1.29. The largest absolute Gasteiger partial charge is 0.363 e. The molecule has 0 heterocycles. The number of rotatable bonds is 7. The van der Waals surface area contributed by atoms with Crippen LogP contribution in [0.4, 0.5) is 0 Å². The summed E-state index contributed by atoms with van der Waals surface area (Å²) in [6.45, 7) is 6.02. The summed E-state index contributed by atoms with van der Waals surface area (Å²) in [7, 11) is 5.80. The molecule has 0 aliphatic heterocycles. The van der Waals surface area contributed by atoms with Crippen LogP contribution in [0, 0.1) is 0 Å². The molecule has 0 saturated heterocycles. The second kappa shape index (κ2) is 7.26. The van der Waals surface area contributed by atoms with E-state index in [4.69, 9.17) is 4.74 Å². The first-order valence-corrected chi connectivity index (χ1v) is 4.83. The highest BCUT2D eigenvalue weighted by molar-refractivity contribution is 4.71. The molecule has 0 aromatic heterocycles. The van der Waals surface area contributed by atoms with E-state index in [2.05, 4.69) is 29.4 Å². The van der Waals surface area contributed by atoms with Crippen molar-refractivity contribution in [3.63, 3.8) is 0 Å². The number of methoxy groups -OCH3 is 1. The zero-order valence-electron chi connectivity index (χ0n) is 9.42. The molecule has 0 aromatic carbocycles. The lowest BCUT2D eigenvalue weighted by Gasteiger charge is -2.32. The molecule has 0 radical (unpaired) electrons. The van der Waals surface area contributed by atoms with Crippen LogP contribution >= 0.6 is 0 Å². The molecule has 0 rings (SSSR count). The normalized spacial score (nSPS) is 16.2. The highest BCUT2D eigenvalue weighted by Gasteiger charge is 2.20. The molecule has 2 atom stereocenters. The summed E-state index contributed by atoms with van der Waals surface area (Å²) in [5.74, 6) is 0. The number of likely N-dealkylation sites (N-methyl/N-ethyl adjacent to an activating group) is 3. The maximum absolute atomic E-state index is 5.35. The number of hydrogen-bond donors (Lipinski definition) is 2. The van der Waals surface area contributed by atoms with Crippen LogP contribution in [0.15, 0.2) is 0 Å². The van der Waals surface area contributed by atoms with Gasteiger partial charge in [0.25, 0.3) is 0 Å². The summed E-state index contributed by atoms with van der Waals surface area (Å²) in [5, 5.41) is 6.63. The Balaban J connectivity index is 4.11. The van der Waals surface area contributed by atoms with Crippen molar-refractivity contribution in [1.82, 2.24) is 15.5 Å². The summed E-state index contributed by atoms with van der Waals surface area (Å²) in [4.78, 5) is 2.11. The van der Waals surface area contributed by atoms with Gasteiger partial charge >= 0.3 is 0 Å². The van der Waals surface area contributed by atoms with Gasteiger partial charge in [-0.05, 0) is 27.2 Å². The second-order valence-corrected chi connectivity index (χ2v) is 3.18. The van der Waals surface area contributed by atoms with E-state index in [1.54, 1.807) is 7.11 Å². The minimum Gasteiger partial charge on any atom is -0.363 e. The molecular weight excluding hydrogens is 166 g/mol. The van der Waals surface area contributed by atoms with Gasteiger partial charge in [0, 0.05) is 7.11 Å². The lowest BCUT2D eigenvalue weighted by molar-refractivity contribution is -0.00295. The molecule has 4 nitrogen and oxygen atoms in total. The quantitative estimate of drug-likeness (QED) is 0.556. The van der Waals surface area contributed by atoms with Crippen LogP contribution < -0.4 is 10.6 Å². The Bertz CT molecular complexity index is 119. The molecule has 4 heteroatoms. The van der Waals surface area contributed by atoms with Crippen molar-refractivity contribution in [3.8, 4) is 0 Å². The molecule has 0 aliphatic rings. The standard InChI is InChI=1S/C9H23N3O/c1-6-10-8(12(3)4)9(13-5)11-7-2/h8-11H,6-7H2,1-5H3. The minimum atomic E-state index is 0.0416. The van der Waals surface area contributed by atoms with Gasteiger partial charge in [-0.1, -0.05) is 13.8 Å². The van der Waals surface area contributed by atoms with Gasteiger partial charge in [-0.15, -0.1) is 0 Å². The smallest absolute Gasteiger partial charge is 0.136 e. The highest BCUT2D eigenvalue weighted by atomic mass is 16.5. The van der Waals surface area contributed by atoms with Gasteiger partial charge in [0.05, 0.1) is 0 Å². The molecule has 80 valence electrons. The molecule has 0 aliphatic carbocycles. The minimum absolute atomic E-state index is 0.0416. The SMILES string of the molecule is CCNC(OC)C(NCC)N(C)C. The van der Waals surface area contributed by atoms with E-state index in [0.29, 0.717) is 0 Å². The van der Waals surface area contributed by atoms with Gasteiger partial charge in [0.15, 0.2) is 0 Å². The predicted octanol–water partition coefficient (Wildman–Crippen LogP) is 0.0656. The average molecular weight is 189 g/mol. The predicted molar refractivity (Wildman–Crippen MR) is 55.6 cm³/mol. The van der Waals surface area contributed by atoms with E-state index >= 15 is 0 Å². The van der Waals surface area contributed by atoms with E-state index in [1.807, 2.05) is 14.1 Å². The third-order valence-corrected chi connectivity index (χ3v) is 1.92. The first kappa shape index (κ1) is 12.8. The fourth-order valence-electron chi connectivity index (χ4n) is 1.29. The summed E-state index contributed by atoms with van der Waals surface area (Å²) in [6, 6.07) is 0. The molecule has 13 heavy (non-hydrogen) atoms. The monoisotopic (exact) mass is 189 g/mol. The zero-order chi connectivity index (χ0) is 10.3. The Morgan fingerprint density at radius 1 is 1.15 bits per heavy atom. The average Bonchev–Trinajstić information content (AvgIpc) is 2.10. The summed E-state index contributed by atoms with van der Waals surface area (Å²) >= 11 is 0. The summed E-state index contributed by atoms with van der Waals surface area (Å²) in [5.41, 5.74) is 0. The lowest BCUT2D eigenvalue weighted by atomic mass is 10.3. The van der Waals surface area contributed by atoms with Gasteiger partial charge in [-0.3, -0.25) is 15.5 Å². The summed E-state index contributed by atoms with van der Waals surface area (Å²) < 4.78 is 5.35. The molecule has 0 amide bonds. The molecule has 0 spiro atoms. The van der Waals surface area contributed by atoms with Crippen molar-refractivity contribution in [3.05, 3.63) is 0 Å². The van der Waals surface area contributed by atoms with Crippen molar-refractivity contribution in [2.45, 2.75) is 26.2 Å². The number of ether oxygens (including phenoxy) is 1. The topological polar surface area (TPSA) is 36.5 Å². The van der Waals surface area contributed by atoms with E-state index < -0.39 is 0 Å². The van der Waals surface area contributed by atoms with Crippen LogP contribution in [0.5, 0.6) is 0 Å². The molecule has 2 unspecified atom stereocenters. The Hall–Kier alpha value is -0.160. The van der Waals surface area contributed by atoms with Gasteiger partial charge in [0.1, 0.15) is 12.4 Å². The van der Waals surface area contributed by atoms with Gasteiger partial charge in [0.2, 0.25) is 0 Å². The molecule has 0 bridgehead atoms. The Kier molecular flexibility index (Phi) is 7.17. The van der Waals surface area contributed by atoms with Gasteiger partial charge < -0.3 is 4.74 Å². The van der Waals surface area contributed by atoms with Crippen molar-refractivity contribution >= 4 is 0 Å². The van der Waals surface area contributed by atoms with E-state index in [0.717, 1.165) is 13.1 Å². The number of nitrogens with one attached hydrogen (secondary N) is 2. The number of hydrogen-bond acceptors (Lipinski definition) is 4. The third-order valence-electron chi connectivity index (χ3n) is 1.92. The van der Waals surface area contributed by atoms with Crippen molar-refractivity contribution in [2.24, 2.45) is 0 Å². The van der Waals surface area contributed by atoms with E-state index in [-0.39, 0.29) is 12.4 Å². The van der Waals surface area contributed by atoms with Crippen LogP contribution in [0.1, 0.15) is 13.8 Å². The zero-order valence-corrected chi connectivity index (χ0v) is 9.42. The lowest BCUT2D eigenvalue weighted by Crippen LogP contribution is -2.56. The first-order valence-electron chi connectivity index (χ1n) is 4.83. The van der Waals surface area contributed by atoms with E-state index in [1.165, 1.54) is 0 Å². The van der Waals surface area contributed by atoms with Crippen LogP contribution in [0.2, 0.25) is 0 Å². The fraction of sp³-hybridized carbons (Fsp3) is 1.00. The van der Waals surface area contributed by atoms with Crippen LogP contribution in [0.25, 0.3) is 0 Å². The Morgan fingerprint density at radius 2 is 1.69 bits per heavy atom. The first-order chi connectivity index (χ1) is 6.17. The molecular formula is C9H23N3O. The van der Waals surface area contributed by atoms with Crippen molar-refractivity contribution in [2.75, 3.05) is 34.3 Å². The highest BCUT2D eigenvalue weighted by Crippen LogP contribution is 1.97. The number of nitrogens with zero attached hydrogens (tertiary/aromatic N) is 1. The molecule has 0 saturated carbocycles. The van der Waals surface area contributed by atoms with Gasteiger partial charge in [-0.2, -0.15) is 0 Å². The third kappa shape index (κ3) is 4.57. The molecule has 0 fully saturated rings. The van der Waals surface area contributed by atoms with E-state index in [9.17, 15) is 0 Å². The van der Waals surface area contributed by atoms with Crippen LogP contribution in [-0.2, 0) is 4.74 Å². The maximum Gasteiger partial charge on any atom is 0.136 e. The van der Waals surface area contributed by atoms with Crippen molar-refractivity contribution in [1.29, 1.82) is 0 Å². The molecule has 2 N–H and O–H groups in total. The summed E-state index contributed by atoms with van der Waals surface area (Å²) in [6.07, 6.45) is 0.259.